The molecule has 3 N–H and O–H groups in total. The minimum Gasteiger partial charge on any atom is -0.496 e. The lowest BCUT2D eigenvalue weighted by Crippen LogP contribution is -2.58. The van der Waals surface area contributed by atoms with Gasteiger partial charge in [-0.2, -0.15) is 0 Å². The van der Waals surface area contributed by atoms with Gasteiger partial charge in [-0.15, -0.1) is 0 Å². The maximum Gasteiger partial charge on any atom is 0.270 e. The van der Waals surface area contributed by atoms with Gasteiger partial charge in [-0.3, -0.25) is 14.4 Å². The zero-order valence-electron chi connectivity index (χ0n) is 24.0. The number of piperidine rings is 1. The van der Waals surface area contributed by atoms with Gasteiger partial charge in [0.1, 0.15) is 34.9 Å². The van der Waals surface area contributed by atoms with E-state index in [1.54, 1.807) is 72.8 Å². The molecule has 3 amide bonds. The van der Waals surface area contributed by atoms with Crippen LogP contribution in [-0.4, -0.2) is 66.6 Å². The molecule has 11 heteroatoms. The number of H-pyrrole nitrogens is 1. The van der Waals surface area contributed by atoms with Crippen molar-refractivity contribution in [1.82, 2.24) is 20.5 Å². The first-order valence-electron chi connectivity index (χ1n) is 14.2. The molecule has 44 heavy (non-hydrogen) atoms. The number of hydrogen-bond acceptors (Lipinski definition) is 6. The minimum atomic E-state index is -0.619. The molecule has 10 nitrogen and oxygen atoms in total. The van der Waals surface area contributed by atoms with Gasteiger partial charge in [-0.05, 0) is 65.7 Å². The highest BCUT2D eigenvalue weighted by Gasteiger charge is 2.35. The van der Waals surface area contributed by atoms with Crippen molar-refractivity contribution in [2.24, 2.45) is 0 Å². The number of amides is 3. The average molecular weight is 599 g/mol. The van der Waals surface area contributed by atoms with Crippen LogP contribution in [0.25, 0.3) is 11.1 Å². The third-order valence-corrected chi connectivity index (χ3v) is 7.67. The number of likely N-dealkylation sites (tertiary alicyclic amines) is 1. The van der Waals surface area contributed by atoms with Gasteiger partial charge in [0.25, 0.3) is 17.7 Å². The number of rotatable bonds is 2. The molecular formula is C33H31FN4O6. The topological polar surface area (TPSA) is 122 Å². The quantitative estimate of drug-likeness (QED) is 0.322. The lowest BCUT2D eigenvalue weighted by atomic mass is 9.99. The summed E-state index contributed by atoms with van der Waals surface area (Å²) in [6.45, 7) is 0.358. The van der Waals surface area contributed by atoms with Crippen LogP contribution in [-0.2, 0) is 11.3 Å². The van der Waals surface area contributed by atoms with Crippen LogP contribution in [0, 0.1) is 5.82 Å². The normalized spacial score (nSPS) is 18.6. The van der Waals surface area contributed by atoms with E-state index >= 15 is 0 Å². The molecule has 2 aliphatic rings. The van der Waals surface area contributed by atoms with Crippen LogP contribution in [0.15, 0.2) is 79.0 Å². The summed E-state index contributed by atoms with van der Waals surface area (Å²) in [6.07, 6.45) is 1.50. The molecule has 2 atom stereocenters. The summed E-state index contributed by atoms with van der Waals surface area (Å²) in [7, 11) is 1.54. The maximum absolute atomic E-state index is 14.6. The van der Waals surface area contributed by atoms with Gasteiger partial charge in [0.2, 0.25) is 0 Å². The number of aromatic amines is 1. The van der Waals surface area contributed by atoms with Gasteiger partial charge < -0.3 is 34.7 Å². The number of carbonyl (C=O) groups is 3. The molecule has 0 saturated carbocycles. The van der Waals surface area contributed by atoms with Gasteiger partial charge in [0, 0.05) is 49.4 Å². The van der Waals surface area contributed by atoms with Crippen molar-refractivity contribution in [2.75, 3.05) is 26.8 Å². The number of fused-ring (bicyclic) bond motifs is 8. The van der Waals surface area contributed by atoms with Gasteiger partial charge in [-0.1, -0.05) is 12.1 Å². The standard InChI is InChI=1S/C33H31FN4O6/c1-42-29-8-7-22-15-26(29)21-4-2-5-24(14-21)43-19-31(39)36-17-20-12-23(34)16-25(13-20)44-30-9-11-38(18-28(30)37-32(22)40)33(41)27-6-3-10-35-27/h2-8,10,12-16,28,30,35H,9,11,17-19H2,1H3,(H,36,39)(H,37,40)/t28-,30-/m1/s1. The number of nitrogens with one attached hydrogen (secondary N) is 3. The molecule has 1 fully saturated rings. The van der Waals surface area contributed by atoms with E-state index in [0.29, 0.717) is 46.8 Å². The first-order valence-corrected chi connectivity index (χ1v) is 14.2. The maximum atomic E-state index is 14.6. The van der Waals surface area contributed by atoms with E-state index in [9.17, 15) is 18.8 Å². The predicted molar refractivity (Wildman–Crippen MR) is 159 cm³/mol. The van der Waals surface area contributed by atoms with Crippen molar-refractivity contribution in [3.05, 3.63) is 102 Å². The molecule has 0 radical (unpaired) electrons. The number of hydrogen-bond donors (Lipinski definition) is 3. The second-order valence-electron chi connectivity index (χ2n) is 10.7. The van der Waals surface area contributed by atoms with Gasteiger partial charge in [-0.25, -0.2) is 4.39 Å². The number of methoxy groups -OCH3 is 1. The van der Waals surface area contributed by atoms with E-state index in [4.69, 9.17) is 14.2 Å². The summed E-state index contributed by atoms with van der Waals surface area (Å²) in [5, 5.41) is 5.81. The number of carbonyl (C=O) groups excluding carboxylic acids is 3. The van der Waals surface area contributed by atoms with Crippen molar-refractivity contribution in [2.45, 2.75) is 25.1 Å². The highest BCUT2D eigenvalue weighted by atomic mass is 19.1. The average Bonchev–Trinajstić information content (AvgIpc) is 3.58. The van der Waals surface area contributed by atoms with Crippen LogP contribution >= 0.6 is 0 Å². The van der Waals surface area contributed by atoms with E-state index < -0.39 is 18.0 Å². The monoisotopic (exact) mass is 598 g/mol. The van der Waals surface area contributed by atoms with Crippen LogP contribution < -0.4 is 24.8 Å². The van der Waals surface area contributed by atoms with Crippen molar-refractivity contribution < 1.29 is 33.0 Å². The number of benzene rings is 3. The first-order chi connectivity index (χ1) is 21.4. The predicted octanol–water partition coefficient (Wildman–Crippen LogP) is 3.93. The van der Waals surface area contributed by atoms with Gasteiger partial charge >= 0.3 is 0 Å². The fourth-order valence-electron chi connectivity index (χ4n) is 5.47. The fourth-order valence-corrected chi connectivity index (χ4v) is 5.47. The Hall–Kier alpha value is -5.32. The molecule has 226 valence electrons. The van der Waals surface area contributed by atoms with Crippen molar-refractivity contribution in [3.63, 3.8) is 0 Å². The van der Waals surface area contributed by atoms with Crippen LogP contribution in [0.1, 0.15) is 32.8 Å². The van der Waals surface area contributed by atoms with Crippen molar-refractivity contribution in [3.8, 4) is 28.4 Å². The third-order valence-electron chi connectivity index (χ3n) is 7.67. The Morgan fingerprint density at radius 3 is 2.70 bits per heavy atom. The van der Waals surface area contributed by atoms with E-state index in [0.717, 1.165) is 5.56 Å². The highest BCUT2D eigenvalue weighted by molar-refractivity contribution is 5.97. The molecule has 1 aromatic heterocycles. The SMILES string of the molecule is COc1ccc2cc1-c1cccc(c1)OCC(=O)NCc1cc(F)cc(c1)O[C@@H]1CCN(C(=O)c3ccc[nH]3)C[C@H]1NC2=O. The second kappa shape index (κ2) is 12.5. The molecule has 6 rings (SSSR count). The lowest BCUT2D eigenvalue weighted by molar-refractivity contribution is -0.123. The Bertz CT molecular complexity index is 1690. The Balaban J connectivity index is 1.37. The molecular weight excluding hydrogens is 567 g/mol. The lowest BCUT2D eigenvalue weighted by Gasteiger charge is -2.38. The molecule has 1 saturated heterocycles. The summed E-state index contributed by atoms with van der Waals surface area (Å²) in [6, 6.07) is 19.2. The van der Waals surface area contributed by atoms with Crippen LogP contribution in [0.4, 0.5) is 4.39 Å². The van der Waals surface area contributed by atoms with Crippen molar-refractivity contribution >= 4 is 17.7 Å². The zero-order valence-corrected chi connectivity index (χ0v) is 24.0. The van der Waals surface area contributed by atoms with E-state index in [1.807, 2.05) is 6.07 Å². The smallest absolute Gasteiger partial charge is 0.270 e. The molecule has 2 aliphatic heterocycles. The minimum absolute atomic E-state index is 0.0582. The van der Waals surface area contributed by atoms with E-state index in [1.165, 1.54) is 12.1 Å². The summed E-state index contributed by atoms with van der Waals surface area (Å²) in [5.41, 5.74) is 2.68. The largest absolute Gasteiger partial charge is 0.496 e. The molecule has 4 aromatic rings. The molecule has 6 bridgehead atoms. The molecule has 3 aromatic carbocycles. The van der Waals surface area contributed by atoms with Gasteiger partial charge in [0.15, 0.2) is 6.61 Å². The fraction of sp³-hybridized carbons (Fsp3) is 0.242. The number of ether oxygens (including phenoxy) is 3. The summed E-state index contributed by atoms with van der Waals surface area (Å²) < 4.78 is 32.2. The Morgan fingerprint density at radius 2 is 1.89 bits per heavy atom. The Morgan fingerprint density at radius 1 is 1.00 bits per heavy atom. The van der Waals surface area contributed by atoms with Crippen LogP contribution in [0.2, 0.25) is 0 Å². The number of halogens is 1. The van der Waals surface area contributed by atoms with Crippen LogP contribution in [0.3, 0.4) is 0 Å². The van der Waals surface area contributed by atoms with E-state index in [-0.39, 0.29) is 43.2 Å². The third kappa shape index (κ3) is 6.36. The molecule has 0 unspecified atom stereocenters. The summed E-state index contributed by atoms with van der Waals surface area (Å²) in [5.74, 6) is -0.238. The first kappa shape index (κ1) is 28.8. The summed E-state index contributed by atoms with van der Waals surface area (Å²) in [4.78, 5) is 44.1. The van der Waals surface area contributed by atoms with Crippen molar-refractivity contribution in [1.29, 1.82) is 0 Å². The highest BCUT2D eigenvalue weighted by Crippen LogP contribution is 2.33. The molecule has 0 spiro atoms. The van der Waals surface area contributed by atoms with E-state index in [2.05, 4.69) is 15.6 Å². The number of nitrogens with zero attached hydrogens (tertiary/aromatic N) is 1. The molecule has 3 heterocycles. The molecule has 0 aliphatic carbocycles. The second-order valence-corrected chi connectivity index (χ2v) is 10.7. The van der Waals surface area contributed by atoms with Crippen LogP contribution in [0.5, 0.6) is 17.2 Å². The number of aromatic nitrogens is 1. The zero-order chi connectivity index (χ0) is 30.6. The van der Waals surface area contributed by atoms with Gasteiger partial charge in [0.05, 0.1) is 13.2 Å². The summed E-state index contributed by atoms with van der Waals surface area (Å²) >= 11 is 0. The Kier molecular flexibility index (Phi) is 8.18. The Labute approximate surface area is 253 Å².